The third kappa shape index (κ3) is 5.94. The molecule has 0 heterocycles. The Morgan fingerprint density at radius 1 is 1.12 bits per heavy atom. The van der Waals surface area contributed by atoms with Crippen molar-refractivity contribution in [2.45, 2.75) is 11.8 Å². The fourth-order valence-electron chi connectivity index (χ4n) is 1.92. The van der Waals surface area contributed by atoms with Crippen molar-refractivity contribution >= 4 is 27.6 Å². The van der Waals surface area contributed by atoms with E-state index in [1.165, 1.54) is 30.3 Å². The van der Waals surface area contributed by atoms with Gasteiger partial charge < -0.3 is 10.1 Å². The first kappa shape index (κ1) is 19.5. The first-order chi connectivity index (χ1) is 12.3. The molecule has 2 aromatic carbocycles. The highest BCUT2D eigenvalue weighted by Gasteiger charge is 2.16. The van der Waals surface area contributed by atoms with Gasteiger partial charge >= 0.3 is 5.97 Å². The summed E-state index contributed by atoms with van der Waals surface area (Å²) in [6.07, 6.45) is 0. The Balaban J connectivity index is 1.79. The van der Waals surface area contributed by atoms with Gasteiger partial charge in [0.1, 0.15) is 12.4 Å². The van der Waals surface area contributed by atoms with Crippen LogP contribution in [0.2, 0.25) is 0 Å². The molecular formula is C17H17FN2O5S. The van der Waals surface area contributed by atoms with E-state index in [1.54, 1.807) is 12.1 Å². The van der Waals surface area contributed by atoms with Crippen LogP contribution in [0.5, 0.6) is 0 Å². The van der Waals surface area contributed by atoms with E-state index in [1.807, 2.05) is 6.92 Å². The number of aryl methyl sites for hydroxylation is 1. The molecule has 0 saturated heterocycles. The van der Waals surface area contributed by atoms with E-state index in [2.05, 4.69) is 14.8 Å². The first-order valence-corrected chi connectivity index (χ1v) is 9.02. The molecule has 9 heteroatoms. The zero-order valence-corrected chi connectivity index (χ0v) is 14.7. The molecule has 0 aliphatic rings. The van der Waals surface area contributed by atoms with Gasteiger partial charge in [-0.3, -0.25) is 9.59 Å². The average molecular weight is 380 g/mol. The quantitative estimate of drug-likeness (QED) is 0.711. The number of halogens is 1. The van der Waals surface area contributed by atoms with E-state index in [0.29, 0.717) is 0 Å². The molecule has 7 nitrogen and oxygen atoms in total. The fraction of sp³-hybridized carbons (Fsp3) is 0.176. The maximum absolute atomic E-state index is 13.0. The van der Waals surface area contributed by atoms with Crippen LogP contribution in [0, 0.1) is 12.7 Å². The first-order valence-electron chi connectivity index (χ1n) is 7.54. The molecule has 2 N–H and O–H groups in total. The molecule has 0 aromatic heterocycles. The highest BCUT2D eigenvalue weighted by Crippen LogP contribution is 2.10. The Hall–Kier alpha value is -2.78. The molecule has 0 aliphatic carbocycles. The number of ether oxygens (including phenoxy) is 1. The number of carbonyl (C=O) groups is 2. The van der Waals surface area contributed by atoms with Crippen LogP contribution in [0.1, 0.15) is 5.56 Å². The van der Waals surface area contributed by atoms with Gasteiger partial charge in [-0.15, -0.1) is 0 Å². The number of benzene rings is 2. The van der Waals surface area contributed by atoms with Gasteiger partial charge in [-0.25, -0.2) is 12.8 Å². The second-order valence-electron chi connectivity index (χ2n) is 5.36. The Kier molecular flexibility index (Phi) is 6.42. The number of hydrogen-bond donors (Lipinski definition) is 2. The van der Waals surface area contributed by atoms with Crippen LogP contribution in [-0.2, 0) is 24.3 Å². The standard InChI is InChI=1S/C17H17FN2O5S/c1-12-5-7-15(8-6-12)26(23,24)19-10-17(22)25-11-16(21)20-14-4-2-3-13(18)9-14/h2-9,19H,10-11H2,1H3,(H,20,21). The minimum atomic E-state index is -3.86. The Morgan fingerprint density at radius 3 is 2.46 bits per heavy atom. The van der Waals surface area contributed by atoms with Crippen molar-refractivity contribution in [3.05, 3.63) is 59.9 Å². The van der Waals surface area contributed by atoms with Crippen LogP contribution in [0.15, 0.2) is 53.4 Å². The van der Waals surface area contributed by atoms with E-state index in [9.17, 15) is 22.4 Å². The van der Waals surface area contributed by atoms with E-state index < -0.39 is 40.9 Å². The maximum atomic E-state index is 13.0. The monoisotopic (exact) mass is 380 g/mol. The minimum Gasteiger partial charge on any atom is -0.455 e. The van der Waals surface area contributed by atoms with Crippen molar-refractivity contribution in [2.75, 3.05) is 18.5 Å². The summed E-state index contributed by atoms with van der Waals surface area (Å²) in [4.78, 5) is 23.2. The van der Waals surface area contributed by atoms with Gasteiger partial charge in [0.05, 0.1) is 4.90 Å². The maximum Gasteiger partial charge on any atom is 0.321 e. The van der Waals surface area contributed by atoms with E-state index in [-0.39, 0.29) is 10.6 Å². The van der Waals surface area contributed by atoms with Crippen molar-refractivity contribution in [1.82, 2.24) is 4.72 Å². The normalized spacial score (nSPS) is 11.0. The molecule has 0 saturated carbocycles. The molecule has 138 valence electrons. The summed E-state index contributed by atoms with van der Waals surface area (Å²) in [6.45, 7) is 0.571. The lowest BCUT2D eigenvalue weighted by molar-refractivity contribution is -0.146. The molecule has 0 fully saturated rings. The van der Waals surface area contributed by atoms with Crippen molar-refractivity contribution in [1.29, 1.82) is 0 Å². The van der Waals surface area contributed by atoms with Crippen molar-refractivity contribution in [3.63, 3.8) is 0 Å². The molecule has 0 radical (unpaired) electrons. The SMILES string of the molecule is Cc1ccc(S(=O)(=O)NCC(=O)OCC(=O)Nc2cccc(F)c2)cc1. The highest BCUT2D eigenvalue weighted by atomic mass is 32.2. The zero-order chi connectivity index (χ0) is 19.2. The number of anilines is 1. The summed E-state index contributed by atoms with van der Waals surface area (Å²) < 4.78 is 43.8. The zero-order valence-electron chi connectivity index (χ0n) is 13.9. The molecule has 0 aliphatic heterocycles. The molecule has 26 heavy (non-hydrogen) atoms. The number of amides is 1. The van der Waals surface area contributed by atoms with Gasteiger partial charge in [-0.1, -0.05) is 23.8 Å². The Labute approximate surface area is 150 Å². The second-order valence-corrected chi connectivity index (χ2v) is 7.12. The van der Waals surface area contributed by atoms with E-state index in [0.717, 1.165) is 11.6 Å². The molecule has 1 amide bonds. The van der Waals surface area contributed by atoms with Crippen molar-refractivity contribution < 1.29 is 27.1 Å². The second kappa shape index (κ2) is 8.54. The number of carbonyl (C=O) groups excluding carboxylic acids is 2. The smallest absolute Gasteiger partial charge is 0.321 e. The molecule has 0 unspecified atom stereocenters. The lowest BCUT2D eigenvalue weighted by Gasteiger charge is -2.08. The average Bonchev–Trinajstić information content (AvgIpc) is 2.59. The van der Waals surface area contributed by atoms with Crippen LogP contribution in [0.25, 0.3) is 0 Å². The van der Waals surface area contributed by atoms with Crippen molar-refractivity contribution in [2.24, 2.45) is 0 Å². The Bertz CT molecular complexity index is 898. The van der Waals surface area contributed by atoms with Crippen LogP contribution >= 0.6 is 0 Å². The largest absolute Gasteiger partial charge is 0.455 e. The van der Waals surface area contributed by atoms with E-state index >= 15 is 0 Å². The van der Waals surface area contributed by atoms with Crippen LogP contribution in [0.4, 0.5) is 10.1 Å². The number of esters is 1. The third-order valence-corrected chi connectivity index (χ3v) is 4.63. The minimum absolute atomic E-state index is 0.0137. The lowest BCUT2D eigenvalue weighted by atomic mass is 10.2. The molecule has 2 rings (SSSR count). The topological polar surface area (TPSA) is 102 Å². The van der Waals surface area contributed by atoms with E-state index in [4.69, 9.17) is 0 Å². The molecular weight excluding hydrogens is 363 g/mol. The Morgan fingerprint density at radius 2 is 1.81 bits per heavy atom. The molecule has 0 atom stereocenters. The summed E-state index contributed by atoms with van der Waals surface area (Å²) in [7, 11) is -3.86. The molecule has 2 aromatic rings. The summed E-state index contributed by atoms with van der Waals surface area (Å²) in [5, 5.41) is 2.35. The fourth-order valence-corrected chi connectivity index (χ4v) is 2.88. The lowest BCUT2D eigenvalue weighted by Crippen LogP contribution is -2.32. The highest BCUT2D eigenvalue weighted by molar-refractivity contribution is 7.89. The van der Waals surface area contributed by atoms with Gasteiger partial charge in [0.25, 0.3) is 5.91 Å². The number of rotatable bonds is 7. The van der Waals surface area contributed by atoms with Crippen LogP contribution < -0.4 is 10.0 Å². The summed E-state index contributed by atoms with van der Waals surface area (Å²) in [5.74, 6) is -2.12. The predicted molar refractivity (Wildman–Crippen MR) is 92.4 cm³/mol. The number of nitrogens with one attached hydrogen (secondary N) is 2. The van der Waals surface area contributed by atoms with Gasteiger partial charge in [0.2, 0.25) is 10.0 Å². The number of hydrogen-bond acceptors (Lipinski definition) is 5. The molecule has 0 spiro atoms. The van der Waals surface area contributed by atoms with Crippen LogP contribution in [0.3, 0.4) is 0 Å². The van der Waals surface area contributed by atoms with Crippen molar-refractivity contribution in [3.8, 4) is 0 Å². The third-order valence-electron chi connectivity index (χ3n) is 3.21. The van der Waals surface area contributed by atoms with Gasteiger partial charge in [-0.2, -0.15) is 4.72 Å². The van der Waals surface area contributed by atoms with Gasteiger partial charge in [0, 0.05) is 5.69 Å². The summed E-state index contributed by atoms with van der Waals surface area (Å²) in [5.41, 5.74) is 1.11. The molecule has 0 bridgehead atoms. The predicted octanol–water partition coefficient (Wildman–Crippen LogP) is 1.59. The van der Waals surface area contributed by atoms with Gasteiger partial charge in [-0.05, 0) is 37.3 Å². The summed E-state index contributed by atoms with van der Waals surface area (Å²) in [6, 6.07) is 11.3. The van der Waals surface area contributed by atoms with Crippen LogP contribution in [-0.4, -0.2) is 33.4 Å². The summed E-state index contributed by atoms with van der Waals surface area (Å²) >= 11 is 0. The van der Waals surface area contributed by atoms with Gasteiger partial charge in [0.15, 0.2) is 6.61 Å². The number of sulfonamides is 1.